The molecule has 1 aliphatic carbocycles. The second-order valence-corrected chi connectivity index (χ2v) is 6.25. The monoisotopic (exact) mass is 288 g/mol. The van der Waals surface area contributed by atoms with E-state index in [4.69, 9.17) is 0 Å². The van der Waals surface area contributed by atoms with Gasteiger partial charge in [0.05, 0.1) is 0 Å². The van der Waals surface area contributed by atoms with Crippen LogP contribution in [0.2, 0.25) is 0 Å². The molecule has 2 heteroatoms. The van der Waals surface area contributed by atoms with E-state index in [9.17, 15) is 0 Å². The molecule has 2 rings (SSSR count). The van der Waals surface area contributed by atoms with E-state index in [1.807, 2.05) is 0 Å². The van der Waals surface area contributed by atoms with Crippen molar-refractivity contribution in [2.45, 2.75) is 65.0 Å². The Kier molecular flexibility index (Phi) is 6.72. The van der Waals surface area contributed by atoms with Gasteiger partial charge >= 0.3 is 0 Å². The predicted octanol–water partition coefficient (Wildman–Crippen LogP) is 4.16. The van der Waals surface area contributed by atoms with Gasteiger partial charge in [0.25, 0.3) is 0 Å². The zero-order chi connectivity index (χ0) is 15.1. The van der Waals surface area contributed by atoms with Crippen molar-refractivity contribution in [2.24, 2.45) is 0 Å². The summed E-state index contributed by atoms with van der Waals surface area (Å²) >= 11 is 0. The van der Waals surface area contributed by atoms with Gasteiger partial charge in [0.15, 0.2) is 0 Å². The second kappa shape index (κ2) is 8.55. The standard InChI is InChI=1S/C19H32N2/c1-4-7-13-21(14-8-5-2)18-15-16-11-9-10-12-17(16)19(18)20-6-3/h9-12,18-20H,4-8,13-15H2,1-3H3. The molecule has 118 valence electrons. The lowest BCUT2D eigenvalue weighted by molar-refractivity contribution is 0.162. The molecule has 2 nitrogen and oxygen atoms in total. The van der Waals surface area contributed by atoms with Gasteiger partial charge in [-0.15, -0.1) is 0 Å². The zero-order valence-corrected chi connectivity index (χ0v) is 14.1. The van der Waals surface area contributed by atoms with E-state index in [1.54, 1.807) is 5.56 Å². The maximum Gasteiger partial charge on any atom is 0.0484 e. The van der Waals surface area contributed by atoms with Gasteiger partial charge in [-0.25, -0.2) is 0 Å². The van der Waals surface area contributed by atoms with Crippen LogP contribution < -0.4 is 5.32 Å². The lowest BCUT2D eigenvalue weighted by atomic mass is 10.0. The fourth-order valence-corrected chi connectivity index (χ4v) is 3.55. The molecule has 2 unspecified atom stereocenters. The molecule has 0 amide bonds. The molecule has 0 heterocycles. The zero-order valence-electron chi connectivity index (χ0n) is 14.1. The highest BCUT2D eigenvalue weighted by atomic mass is 15.2. The van der Waals surface area contributed by atoms with Crippen molar-refractivity contribution in [1.82, 2.24) is 10.2 Å². The van der Waals surface area contributed by atoms with Crippen LogP contribution in [0.15, 0.2) is 24.3 Å². The van der Waals surface area contributed by atoms with Crippen LogP contribution in [0.1, 0.15) is 63.6 Å². The Bertz CT molecular complexity index is 408. The average molecular weight is 288 g/mol. The summed E-state index contributed by atoms with van der Waals surface area (Å²) in [5, 5.41) is 3.74. The molecule has 2 atom stereocenters. The van der Waals surface area contributed by atoms with Crippen LogP contribution in [0.25, 0.3) is 0 Å². The Balaban J connectivity index is 2.14. The highest BCUT2D eigenvalue weighted by Crippen LogP contribution is 2.34. The summed E-state index contributed by atoms with van der Waals surface area (Å²) in [6.07, 6.45) is 6.41. The quantitative estimate of drug-likeness (QED) is 0.734. The van der Waals surface area contributed by atoms with Crippen molar-refractivity contribution >= 4 is 0 Å². The van der Waals surface area contributed by atoms with Gasteiger partial charge in [-0.2, -0.15) is 0 Å². The minimum Gasteiger partial charge on any atom is -0.309 e. The number of unbranched alkanes of at least 4 members (excludes halogenated alkanes) is 2. The van der Waals surface area contributed by atoms with Crippen LogP contribution in [0.4, 0.5) is 0 Å². The Morgan fingerprint density at radius 1 is 1.05 bits per heavy atom. The van der Waals surface area contributed by atoms with Crippen molar-refractivity contribution in [3.8, 4) is 0 Å². The maximum absolute atomic E-state index is 3.74. The molecule has 0 spiro atoms. The highest BCUT2D eigenvalue weighted by molar-refractivity contribution is 5.37. The second-order valence-electron chi connectivity index (χ2n) is 6.25. The average Bonchev–Trinajstić information content (AvgIpc) is 2.87. The number of likely N-dealkylation sites (N-methyl/N-ethyl adjacent to an activating group) is 1. The van der Waals surface area contributed by atoms with Gasteiger partial charge in [-0.05, 0) is 50.0 Å². The number of hydrogen-bond acceptors (Lipinski definition) is 2. The van der Waals surface area contributed by atoms with Gasteiger partial charge in [0.1, 0.15) is 0 Å². The van der Waals surface area contributed by atoms with Crippen molar-refractivity contribution in [1.29, 1.82) is 0 Å². The molecule has 0 bridgehead atoms. The van der Waals surface area contributed by atoms with E-state index < -0.39 is 0 Å². The summed E-state index contributed by atoms with van der Waals surface area (Å²) in [5.41, 5.74) is 3.08. The molecule has 0 aliphatic heterocycles. The van der Waals surface area contributed by atoms with E-state index in [1.165, 1.54) is 50.8 Å². The molecule has 1 N–H and O–H groups in total. The Labute approximate surface area is 130 Å². The van der Waals surface area contributed by atoms with Crippen LogP contribution in [0.3, 0.4) is 0 Å². The molecule has 21 heavy (non-hydrogen) atoms. The highest BCUT2D eigenvalue weighted by Gasteiger charge is 2.34. The Hall–Kier alpha value is -0.860. The van der Waals surface area contributed by atoms with Gasteiger partial charge in [0.2, 0.25) is 0 Å². The Morgan fingerprint density at radius 3 is 2.33 bits per heavy atom. The first-order valence-corrected chi connectivity index (χ1v) is 8.87. The minimum absolute atomic E-state index is 0.514. The number of benzene rings is 1. The van der Waals surface area contributed by atoms with Crippen molar-refractivity contribution < 1.29 is 0 Å². The van der Waals surface area contributed by atoms with E-state index in [0.29, 0.717) is 12.1 Å². The normalized spacial score (nSPS) is 21.0. The predicted molar refractivity (Wildman–Crippen MR) is 91.7 cm³/mol. The summed E-state index contributed by atoms with van der Waals surface area (Å²) in [4.78, 5) is 2.75. The fourth-order valence-electron chi connectivity index (χ4n) is 3.55. The van der Waals surface area contributed by atoms with Crippen LogP contribution in [-0.4, -0.2) is 30.6 Å². The van der Waals surface area contributed by atoms with E-state index in [2.05, 4.69) is 55.3 Å². The largest absolute Gasteiger partial charge is 0.309 e. The van der Waals surface area contributed by atoms with Gasteiger partial charge in [0, 0.05) is 12.1 Å². The molecular formula is C19H32N2. The topological polar surface area (TPSA) is 15.3 Å². The van der Waals surface area contributed by atoms with Crippen LogP contribution in [-0.2, 0) is 6.42 Å². The molecule has 0 fully saturated rings. The molecule has 1 aromatic rings. The molecule has 0 saturated heterocycles. The first-order valence-electron chi connectivity index (χ1n) is 8.87. The molecule has 1 aliphatic rings. The third-order valence-corrected chi connectivity index (χ3v) is 4.69. The van der Waals surface area contributed by atoms with Crippen LogP contribution >= 0.6 is 0 Å². The maximum atomic E-state index is 3.74. The third-order valence-electron chi connectivity index (χ3n) is 4.69. The van der Waals surface area contributed by atoms with E-state index in [0.717, 1.165) is 6.54 Å². The lowest BCUT2D eigenvalue weighted by Crippen LogP contribution is -2.44. The number of hydrogen-bond donors (Lipinski definition) is 1. The lowest BCUT2D eigenvalue weighted by Gasteiger charge is -2.33. The third kappa shape index (κ3) is 4.08. The van der Waals surface area contributed by atoms with Gasteiger partial charge in [-0.3, -0.25) is 4.90 Å². The van der Waals surface area contributed by atoms with Crippen molar-refractivity contribution in [3.05, 3.63) is 35.4 Å². The van der Waals surface area contributed by atoms with Crippen LogP contribution in [0.5, 0.6) is 0 Å². The minimum atomic E-state index is 0.514. The van der Waals surface area contributed by atoms with Crippen LogP contribution in [0, 0.1) is 0 Å². The smallest absolute Gasteiger partial charge is 0.0484 e. The number of nitrogens with zero attached hydrogens (tertiary/aromatic N) is 1. The molecule has 0 aromatic heterocycles. The number of fused-ring (bicyclic) bond motifs is 1. The van der Waals surface area contributed by atoms with Crippen molar-refractivity contribution in [3.63, 3.8) is 0 Å². The summed E-state index contributed by atoms with van der Waals surface area (Å²) in [7, 11) is 0. The molecular weight excluding hydrogens is 256 g/mol. The first-order chi connectivity index (χ1) is 10.3. The van der Waals surface area contributed by atoms with E-state index in [-0.39, 0.29) is 0 Å². The van der Waals surface area contributed by atoms with Crippen molar-refractivity contribution in [2.75, 3.05) is 19.6 Å². The summed E-state index contributed by atoms with van der Waals surface area (Å²) in [6.45, 7) is 10.4. The van der Waals surface area contributed by atoms with E-state index >= 15 is 0 Å². The SMILES string of the molecule is CCCCN(CCCC)C1Cc2ccccc2C1NCC. The van der Waals surface area contributed by atoms with Gasteiger partial charge < -0.3 is 5.32 Å². The number of nitrogens with one attached hydrogen (secondary N) is 1. The summed E-state index contributed by atoms with van der Waals surface area (Å²) in [6, 6.07) is 10.2. The van der Waals surface area contributed by atoms with Gasteiger partial charge in [-0.1, -0.05) is 57.9 Å². The summed E-state index contributed by atoms with van der Waals surface area (Å²) < 4.78 is 0. The molecule has 0 radical (unpaired) electrons. The molecule has 1 aromatic carbocycles. The molecule has 0 saturated carbocycles. The fraction of sp³-hybridized carbons (Fsp3) is 0.684. The first kappa shape index (κ1) is 16.5. The summed E-state index contributed by atoms with van der Waals surface area (Å²) in [5.74, 6) is 0. The number of rotatable bonds is 9. The Morgan fingerprint density at radius 2 is 1.71 bits per heavy atom.